The van der Waals surface area contributed by atoms with Gasteiger partial charge in [0.2, 0.25) is 47.3 Å². The highest BCUT2D eigenvalue weighted by Gasteiger charge is 2.34. The third-order valence-electron chi connectivity index (χ3n) is 12.1. The number of rotatable bonds is 33. The van der Waals surface area contributed by atoms with Gasteiger partial charge in [-0.25, -0.2) is 4.98 Å². The van der Waals surface area contributed by atoms with Crippen LogP contribution in [-0.2, 0) is 57.6 Å². The number of guanidine groups is 1. The normalized spacial score (nSPS) is 13.7. The molecule has 0 fully saturated rings. The fourth-order valence-electron chi connectivity index (χ4n) is 8.14. The zero-order valence-corrected chi connectivity index (χ0v) is 42.6. The van der Waals surface area contributed by atoms with Crippen LogP contribution in [0.2, 0.25) is 0 Å². The Labute approximate surface area is 434 Å². The van der Waals surface area contributed by atoms with Crippen LogP contribution in [0.3, 0.4) is 0 Å². The molecule has 0 aliphatic carbocycles. The van der Waals surface area contributed by atoms with Crippen LogP contribution < -0.4 is 54.4 Å². The highest BCUT2D eigenvalue weighted by molar-refractivity contribution is 5.98. The van der Waals surface area contributed by atoms with Crippen LogP contribution in [0.25, 0.3) is 21.3 Å². The maximum absolute atomic E-state index is 14.7. The smallest absolute Gasteiger partial charge is 0.243 e. The maximum Gasteiger partial charge on any atom is 0.243 e. The molecule has 15 N–H and O–H groups in total. The molecule has 0 saturated heterocycles. The molecule has 2 aromatic heterocycles. The SMILES string of the molecule is CCCC[C@H](NC(C)=O)C(=O)N[C@@H](CCCC)C(=O)N[C@@H](Cc1cnc[nH]1)C(=O)N[C@H](Cc1ccccc1)C(=O)N[C@@H](CCCN=C(N)N)C(=O)N[C@@H](Cc1c[nH]c2ccccc12)C(=O)N[C@@H](CCN=[N+]=[N-])C(N)=O. The Kier molecular flexibility index (Phi) is 24.6. The van der Waals surface area contributed by atoms with Gasteiger partial charge in [-0.05, 0) is 54.8 Å². The minimum Gasteiger partial charge on any atom is -0.370 e. The first-order valence-corrected chi connectivity index (χ1v) is 25.0. The molecule has 75 heavy (non-hydrogen) atoms. The van der Waals surface area contributed by atoms with Crippen molar-refractivity contribution in [2.24, 2.45) is 27.3 Å². The van der Waals surface area contributed by atoms with E-state index in [0.29, 0.717) is 42.5 Å². The number of para-hydroxylation sites is 1. The zero-order chi connectivity index (χ0) is 54.7. The van der Waals surface area contributed by atoms with E-state index in [0.717, 1.165) is 17.3 Å². The summed E-state index contributed by atoms with van der Waals surface area (Å²) in [5.41, 5.74) is 28.0. The number of hydrogen-bond acceptors (Lipinski definition) is 11. The van der Waals surface area contributed by atoms with Gasteiger partial charge in [-0.1, -0.05) is 93.2 Å². The number of nitrogens with one attached hydrogen (secondary N) is 9. The Bertz CT molecular complexity index is 2600. The Hall–Kier alpha value is -8.47. The summed E-state index contributed by atoms with van der Waals surface area (Å²) >= 11 is 0. The largest absolute Gasteiger partial charge is 0.370 e. The van der Waals surface area contributed by atoms with Crippen LogP contribution >= 0.6 is 0 Å². The molecule has 0 aliphatic heterocycles. The molecule has 4 rings (SSSR count). The highest BCUT2D eigenvalue weighted by Crippen LogP contribution is 2.20. The van der Waals surface area contributed by atoms with Crippen molar-refractivity contribution in [2.45, 2.75) is 140 Å². The zero-order valence-electron chi connectivity index (χ0n) is 42.6. The Morgan fingerprint density at radius 1 is 0.600 bits per heavy atom. The second-order valence-corrected chi connectivity index (χ2v) is 18.0. The standard InChI is InChI=1S/C50H71N17O8/c1-4-6-17-37(60-30(3)68)44(70)62-38(18-7-5-2)45(71)66-42(26-33-28-55-29-58-33)49(75)64-40(24-31-14-9-8-10-15-31)47(73)63-39(20-13-22-56-50(52)53)46(72)65-41(25-32-27-57-35-19-12-11-16-34(32)35)48(74)61-36(43(51)69)21-23-59-67-54/h8-12,14-16,19,27-29,36-42,57H,4-7,13,17-18,20-26H2,1-3H3,(H2,51,69)(H,55,58)(H,60,68)(H,61,74)(H,62,70)(H,63,73)(H,64,75)(H,65,72)(H,66,71)(H4,52,53,56)/t36-,37-,38-,39-,40+,41-,42-/m0/s1. The van der Waals surface area contributed by atoms with Gasteiger partial charge in [0.05, 0.1) is 6.33 Å². The third-order valence-corrected chi connectivity index (χ3v) is 12.1. The summed E-state index contributed by atoms with van der Waals surface area (Å²) in [5.74, 6) is -5.98. The average Bonchev–Trinajstić information content (AvgIpc) is 4.06. The fourth-order valence-corrected chi connectivity index (χ4v) is 8.14. The number of hydrogen-bond donors (Lipinski definition) is 12. The van der Waals surface area contributed by atoms with E-state index in [-0.39, 0.29) is 64.0 Å². The molecule has 0 radical (unpaired) electrons. The molecule has 0 bridgehead atoms. The summed E-state index contributed by atoms with van der Waals surface area (Å²) in [7, 11) is 0. The van der Waals surface area contributed by atoms with Crippen molar-refractivity contribution in [3.8, 4) is 0 Å². The number of nitrogens with two attached hydrogens (primary N) is 3. The lowest BCUT2D eigenvalue weighted by molar-refractivity contribution is -0.135. The Balaban J connectivity index is 1.68. The summed E-state index contributed by atoms with van der Waals surface area (Å²) in [4.78, 5) is 127. The summed E-state index contributed by atoms with van der Waals surface area (Å²) < 4.78 is 0. The van der Waals surface area contributed by atoms with Crippen molar-refractivity contribution in [1.82, 2.24) is 52.2 Å². The number of aromatic amines is 2. The first-order chi connectivity index (χ1) is 36.0. The number of carbonyl (C=O) groups is 8. The van der Waals surface area contributed by atoms with Crippen LogP contribution in [0.5, 0.6) is 0 Å². The van der Waals surface area contributed by atoms with E-state index < -0.39 is 89.6 Å². The number of aromatic nitrogens is 3. The van der Waals surface area contributed by atoms with Gasteiger partial charge in [0, 0.05) is 73.2 Å². The van der Waals surface area contributed by atoms with E-state index in [1.807, 2.05) is 32.0 Å². The van der Waals surface area contributed by atoms with Gasteiger partial charge in [-0.2, -0.15) is 0 Å². The van der Waals surface area contributed by atoms with Crippen LogP contribution in [0.15, 0.2) is 83.4 Å². The molecule has 0 spiro atoms. The van der Waals surface area contributed by atoms with E-state index in [9.17, 15) is 38.4 Å². The minimum atomic E-state index is -1.38. The van der Waals surface area contributed by atoms with Gasteiger partial charge >= 0.3 is 0 Å². The van der Waals surface area contributed by atoms with Crippen molar-refractivity contribution in [1.29, 1.82) is 0 Å². The lowest BCUT2D eigenvalue weighted by atomic mass is 10.0. The van der Waals surface area contributed by atoms with Crippen molar-refractivity contribution in [3.05, 3.63) is 101 Å². The van der Waals surface area contributed by atoms with Crippen molar-refractivity contribution >= 4 is 64.1 Å². The van der Waals surface area contributed by atoms with Crippen LogP contribution in [0.1, 0.15) is 95.4 Å². The van der Waals surface area contributed by atoms with Gasteiger partial charge < -0.3 is 64.4 Å². The molecule has 0 unspecified atom stereocenters. The number of fused-ring (bicyclic) bond motifs is 1. The van der Waals surface area contributed by atoms with Gasteiger partial charge in [-0.3, -0.25) is 43.3 Å². The number of amides is 8. The summed E-state index contributed by atoms with van der Waals surface area (Å²) in [6, 6.07) is 7.31. The molecule has 4 aromatic rings. The number of benzene rings is 2. The first-order valence-electron chi connectivity index (χ1n) is 25.0. The molecule has 25 nitrogen and oxygen atoms in total. The molecule has 2 aromatic carbocycles. The lowest BCUT2D eigenvalue weighted by Gasteiger charge is -2.28. The number of nitrogens with zero attached hydrogens (tertiary/aromatic N) is 5. The van der Waals surface area contributed by atoms with Gasteiger partial charge in [-0.15, -0.1) is 0 Å². The number of H-pyrrole nitrogens is 2. The van der Waals surface area contributed by atoms with E-state index in [1.165, 1.54) is 19.4 Å². The molecular weight excluding hydrogens is 967 g/mol. The van der Waals surface area contributed by atoms with Crippen molar-refractivity contribution < 1.29 is 38.4 Å². The van der Waals surface area contributed by atoms with E-state index >= 15 is 0 Å². The molecular formula is C50H71N17O8. The monoisotopic (exact) mass is 1040 g/mol. The number of unbranched alkanes of at least 4 members (excludes halogenated alkanes) is 2. The number of aliphatic imine (C=N–C) groups is 1. The quantitative estimate of drug-likeness (QED) is 0.00796. The number of imidazole rings is 1. The van der Waals surface area contributed by atoms with Crippen LogP contribution in [-0.4, -0.2) is 124 Å². The average molecular weight is 1040 g/mol. The maximum atomic E-state index is 14.7. The highest BCUT2D eigenvalue weighted by atomic mass is 16.2. The lowest BCUT2D eigenvalue weighted by Crippen LogP contribution is -2.60. The number of carbonyl (C=O) groups excluding carboxylic acids is 8. The Morgan fingerprint density at radius 3 is 1.64 bits per heavy atom. The van der Waals surface area contributed by atoms with Crippen LogP contribution in [0, 0.1) is 0 Å². The molecule has 0 aliphatic rings. The van der Waals surface area contributed by atoms with Gasteiger partial charge in [0.1, 0.15) is 42.3 Å². The topological polar surface area (TPSA) is 404 Å². The summed E-state index contributed by atoms with van der Waals surface area (Å²) in [5, 5.41) is 23.3. The van der Waals surface area contributed by atoms with Crippen molar-refractivity contribution in [2.75, 3.05) is 13.1 Å². The van der Waals surface area contributed by atoms with Crippen LogP contribution in [0.4, 0.5) is 0 Å². The van der Waals surface area contributed by atoms with Crippen molar-refractivity contribution in [3.63, 3.8) is 0 Å². The van der Waals surface area contributed by atoms with E-state index in [4.69, 9.17) is 22.7 Å². The molecule has 25 heteroatoms. The third kappa shape index (κ3) is 20.2. The molecule has 0 saturated carbocycles. The predicted octanol–water partition coefficient (Wildman–Crippen LogP) is 0.952. The molecule has 8 amide bonds. The van der Waals surface area contributed by atoms with Gasteiger partial charge in [0.15, 0.2) is 5.96 Å². The molecule has 2 heterocycles. The second kappa shape index (κ2) is 31.2. The fraction of sp³-hybridized carbons (Fsp3) is 0.480. The van der Waals surface area contributed by atoms with Gasteiger partial charge in [0.25, 0.3) is 0 Å². The number of primary amides is 1. The summed E-state index contributed by atoms with van der Waals surface area (Å²) in [6.45, 7) is 5.06. The minimum absolute atomic E-state index is 0.0538. The molecule has 7 atom stereocenters. The predicted molar refractivity (Wildman–Crippen MR) is 280 cm³/mol. The van der Waals surface area contributed by atoms with E-state index in [1.54, 1.807) is 42.6 Å². The second-order valence-electron chi connectivity index (χ2n) is 18.0. The first kappa shape index (κ1) is 59.1. The molecule has 404 valence electrons. The van der Waals surface area contributed by atoms with E-state index in [2.05, 4.69) is 67.2 Å². The Morgan fingerprint density at radius 2 is 1.11 bits per heavy atom. The summed E-state index contributed by atoms with van der Waals surface area (Å²) in [6.07, 6.45) is 7.40. The number of azide groups is 1.